The Morgan fingerprint density at radius 2 is 1.83 bits per heavy atom. The molecule has 1 aromatic carbocycles. The van der Waals surface area contributed by atoms with Crippen LogP contribution >= 0.6 is 0 Å². The summed E-state index contributed by atoms with van der Waals surface area (Å²) in [6.45, 7) is 0.501. The van der Waals surface area contributed by atoms with Crippen LogP contribution < -0.4 is 21.5 Å². The highest BCUT2D eigenvalue weighted by atomic mass is 16.3. The number of nitrogen functional groups attached to an aromatic ring is 1. The molecule has 0 saturated carbocycles. The lowest BCUT2D eigenvalue weighted by Crippen LogP contribution is -2.24. The van der Waals surface area contributed by atoms with E-state index in [1.165, 1.54) is 4.57 Å². The molecule has 0 atom stereocenters. The van der Waals surface area contributed by atoms with Crippen molar-refractivity contribution in [1.82, 2.24) is 9.88 Å². The zero-order chi connectivity index (χ0) is 17.4. The average molecular weight is 328 g/mol. The molecule has 8 nitrogen and oxygen atoms in total. The van der Waals surface area contributed by atoms with E-state index in [2.05, 4.69) is 5.32 Å². The summed E-state index contributed by atoms with van der Waals surface area (Å²) in [6.07, 6.45) is 0. The average Bonchev–Trinajstić information content (AvgIpc) is 2.82. The van der Waals surface area contributed by atoms with Crippen molar-refractivity contribution in [1.29, 1.82) is 0 Å². The van der Waals surface area contributed by atoms with Crippen molar-refractivity contribution in [2.45, 2.75) is 0 Å². The van der Waals surface area contributed by atoms with Crippen LogP contribution in [0.25, 0.3) is 5.69 Å². The van der Waals surface area contributed by atoms with Gasteiger partial charge in [-0.15, -0.1) is 0 Å². The Balaban J connectivity index is 2.08. The van der Waals surface area contributed by atoms with Crippen molar-refractivity contribution >= 4 is 23.3 Å². The number of benzene rings is 1. The van der Waals surface area contributed by atoms with Crippen LogP contribution in [-0.4, -0.2) is 41.7 Å². The van der Waals surface area contributed by atoms with E-state index in [4.69, 9.17) is 10.8 Å². The standard InChI is InChI=1S/C16H16N4O4/c1-19(6-7-21)9-2-4-10(5-3-9)20-12(22)8-11-13(14(20)17)16(24)18-15(11)23/h2-5,8,21H,6-7,17H2,1H3,(H,18,23,24). The number of aliphatic hydroxyl groups is 1. The van der Waals surface area contributed by atoms with Gasteiger partial charge in [0.2, 0.25) is 0 Å². The molecular formula is C16H16N4O4. The van der Waals surface area contributed by atoms with E-state index in [9.17, 15) is 14.4 Å². The smallest absolute Gasteiger partial charge is 0.262 e. The van der Waals surface area contributed by atoms with Crippen molar-refractivity contribution in [2.75, 3.05) is 30.8 Å². The van der Waals surface area contributed by atoms with Crippen molar-refractivity contribution < 1.29 is 14.7 Å². The van der Waals surface area contributed by atoms with Crippen molar-refractivity contribution in [3.63, 3.8) is 0 Å². The molecule has 1 aromatic heterocycles. The first-order chi connectivity index (χ1) is 11.4. The van der Waals surface area contributed by atoms with Gasteiger partial charge in [0.1, 0.15) is 5.82 Å². The van der Waals surface area contributed by atoms with Crippen LogP contribution in [0.2, 0.25) is 0 Å². The van der Waals surface area contributed by atoms with Gasteiger partial charge >= 0.3 is 0 Å². The molecule has 24 heavy (non-hydrogen) atoms. The summed E-state index contributed by atoms with van der Waals surface area (Å²) in [5.41, 5.74) is 6.83. The summed E-state index contributed by atoms with van der Waals surface area (Å²) in [5.74, 6) is -1.30. The molecule has 3 rings (SSSR count). The second-order valence-electron chi connectivity index (χ2n) is 5.44. The van der Waals surface area contributed by atoms with Gasteiger partial charge in [-0.25, -0.2) is 0 Å². The van der Waals surface area contributed by atoms with Gasteiger partial charge in [-0.05, 0) is 24.3 Å². The van der Waals surface area contributed by atoms with E-state index in [-0.39, 0.29) is 23.6 Å². The maximum Gasteiger partial charge on any atom is 0.262 e. The summed E-state index contributed by atoms with van der Waals surface area (Å²) in [7, 11) is 1.83. The first kappa shape index (κ1) is 15.8. The Bertz CT molecular complexity index is 886. The fourth-order valence-corrected chi connectivity index (χ4v) is 2.68. The molecule has 0 radical (unpaired) electrons. The number of carbonyl (C=O) groups is 2. The van der Waals surface area contributed by atoms with Crippen molar-refractivity contribution in [2.24, 2.45) is 0 Å². The Kier molecular flexibility index (Phi) is 3.82. The fraction of sp³-hybridized carbons (Fsp3) is 0.188. The Morgan fingerprint density at radius 3 is 2.46 bits per heavy atom. The van der Waals surface area contributed by atoms with Gasteiger partial charge in [0.15, 0.2) is 0 Å². The number of likely N-dealkylation sites (N-methyl/N-ethyl adjacent to an activating group) is 1. The predicted molar refractivity (Wildman–Crippen MR) is 88.6 cm³/mol. The van der Waals surface area contributed by atoms with Gasteiger partial charge in [-0.2, -0.15) is 0 Å². The monoisotopic (exact) mass is 328 g/mol. The maximum absolute atomic E-state index is 12.3. The minimum atomic E-state index is -0.619. The minimum Gasteiger partial charge on any atom is -0.395 e. The third-order valence-electron chi connectivity index (χ3n) is 3.94. The van der Waals surface area contributed by atoms with Gasteiger partial charge in [-0.1, -0.05) is 0 Å². The molecule has 1 aliphatic rings. The third kappa shape index (κ3) is 2.42. The molecule has 8 heteroatoms. The highest BCUT2D eigenvalue weighted by Gasteiger charge is 2.31. The van der Waals surface area contributed by atoms with E-state index in [1.807, 2.05) is 11.9 Å². The molecule has 124 valence electrons. The Labute approximate surface area is 137 Å². The number of hydrogen-bond donors (Lipinski definition) is 3. The summed E-state index contributed by atoms with van der Waals surface area (Å²) < 4.78 is 1.19. The van der Waals surface area contributed by atoms with Gasteiger partial charge in [0.25, 0.3) is 17.4 Å². The largest absolute Gasteiger partial charge is 0.395 e. The summed E-state index contributed by atoms with van der Waals surface area (Å²) >= 11 is 0. The zero-order valence-electron chi connectivity index (χ0n) is 12.9. The summed E-state index contributed by atoms with van der Waals surface area (Å²) in [4.78, 5) is 37.7. The van der Waals surface area contributed by atoms with Gasteiger partial charge in [0.05, 0.1) is 23.4 Å². The van der Waals surface area contributed by atoms with Crippen LogP contribution in [0.4, 0.5) is 11.5 Å². The first-order valence-electron chi connectivity index (χ1n) is 7.27. The molecule has 4 N–H and O–H groups in total. The normalized spacial score (nSPS) is 12.9. The SMILES string of the molecule is CN(CCO)c1ccc(-n2c(N)c3c(cc2=O)C(=O)NC3=O)cc1. The van der Waals surface area contributed by atoms with E-state index >= 15 is 0 Å². The number of aliphatic hydroxyl groups excluding tert-OH is 1. The van der Waals surface area contributed by atoms with Crippen molar-refractivity contribution in [3.05, 3.63) is 51.8 Å². The highest BCUT2D eigenvalue weighted by Crippen LogP contribution is 2.23. The van der Waals surface area contributed by atoms with Crippen molar-refractivity contribution in [3.8, 4) is 5.69 Å². The number of nitrogens with two attached hydrogens (primary N) is 1. The lowest BCUT2D eigenvalue weighted by atomic mass is 10.1. The molecule has 0 spiro atoms. The number of carbonyl (C=O) groups excluding carboxylic acids is 2. The molecule has 2 heterocycles. The second kappa shape index (κ2) is 5.82. The van der Waals surface area contributed by atoms with Crippen LogP contribution in [0.1, 0.15) is 20.7 Å². The fourth-order valence-electron chi connectivity index (χ4n) is 2.68. The molecule has 0 saturated heterocycles. The molecule has 2 aromatic rings. The number of hydrogen-bond acceptors (Lipinski definition) is 6. The predicted octanol–water partition coefficient (Wildman–Crippen LogP) is -0.268. The number of imide groups is 1. The summed E-state index contributed by atoms with van der Waals surface area (Å²) in [5, 5.41) is 11.1. The third-order valence-corrected chi connectivity index (χ3v) is 3.94. The van der Waals surface area contributed by atoms with Crippen LogP contribution in [0.5, 0.6) is 0 Å². The zero-order valence-corrected chi connectivity index (χ0v) is 12.9. The Morgan fingerprint density at radius 1 is 1.17 bits per heavy atom. The number of nitrogens with zero attached hydrogens (tertiary/aromatic N) is 2. The Hall–Kier alpha value is -3.13. The van der Waals surface area contributed by atoms with E-state index in [1.54, 1.807) is 24.3 Å². The van der Waals surface area contributed by atoms with Crippen LogP contribution in [0.15, 0.2) is 35.1 Å². The van der Waals surface area contributed by atoms with E-state index in [0.717, 1.165) is 11.8 Å². The molecule has 0 fully saturated rings. The molecule has 0 unspecified atom stereocenters. The lowest BCUT2D eigenvalue weighted by molar-refractivity contribution is 0.0880. The molecule has 2 amide bonds. The number of anilines is 2. The number of rotatable bonds is 4. The lowest BCUT2D eigenvalue weighted by Gasteiger charge is -2.19. The molecule has 1 aliphatic heterocycles. The number of pyridine rings is 1. The summed E-state index contributed by atoms with van der Waals surface area (Å²) in [6, 6.07) is 8.02. The van der Waals surface area contributed by atoms with Gasteiger partial charge in [0, 0.05) is 25.3 Å². The topological polar surface area (TPSA) is 118 Å². The second-order valence-corrected chi connectivity index (χ2v) is 5.44. The van der Waals surface area contributed by atoms with Crippen LogP contribution in [0, 0.1) is 0 Å². The minimum absolute atomic E-state index is 0.00181. The number of fused-ring (bicyclic) bond motifs is 1. The van der Waals surface area contributed by atoms with Gasteiger partial charge < -0.3 is 15.7 Å². The highest BCUT2D eigenvalue weighted by molar-refractivity contribution is 6.23. The van der Waals surface area contributed by atoms with E-state index in [0.29, 0.717) is 12.2 Å². The molecular weight excluding hydrogens is 312 g/mol. The number of aromatic nitrogens is 1. The van der Waals surface area contributed by atoms with Crippen LogP contribution in [0.3, 0.4) is 0 Å². The van der Waals surface area contributed by atoms with Crippen LogP contribution in [-0.2, 0) is 0 Å². The molecule has 0 bridgehead atoms. The number of nitrogens with one attached hydrogen (secondary N) is 1. The molecule has 0 aliphatic carbocycles. The van der Waals surface area contributed by atoms with E-state index < -0.39 is 17.4 Å². The van der Waals surface area contributed by atoms with Gasteiger partial charge in [-0.3, -0.25) is 24.3 Å². The number of amides is 2. The quantitative estimate of drug-likeness (QED) is 0.665. The maximum atomic E-state index is 12.3. The first-order valence-corrected chi connectivity index (χ1v) is 7.27.